The summed E-state index contributed by atoms with van der Waals surface area (Å²) in [6, 6.07) is 10.5. The summed E-state index contributed by atoms with van der Waals surface area (Å²) in [5.74, 6) is -0.787. The molecule has 0 aliphatic heterocycles. The molecule has 0 aromatic heterocycles. The third-order valence-electron chi connectivity index (χ3n) is 2.70. The fraction of sp³-hybridized carbons (Fsp3) is 0. The van der Waals surface area contributed by atoms with Gasteiger partial charge < -0.3 is 4.74 Å². The first kappa shape index (κ1) is 16.9. The Hall–Kier alpha value is -1.44. The molecule has 0 saturated heterocycles. The third-order valence-corrected chi connectivity index (χ3v) is 3.84. The Morgan fingerprint density at radius 2 is 1.45 bits per heavy atom. The molecule has 0 fully saturated rings. The molecule has 2 aromatic rings. The van der Waals surface area contributed by atoms with Gasteiger partial charge in [0.15, 0.2) is 0 Å². The Kier molecular flexibility index (Phi) is 5.55. The summed E-state index contributed by atoms with van der Waals surface area (Å²) >= 11 is 12.9. The van der Waals surface area contributed by atoms with Gasteiger partial charge in [0.05, 0.1) is 11.1 Å². The van der Waals surface area contributed by atoms with Gasteiger partial charge in [-0.2, -0.15) is 0 Å². The first-order valence-corrected chi connectivity index (χ1v) is 7.73. The summed E-state index contributed by atoms with van der Waals surface area (Å²) in [6.45, 7) is 0. The van der Waals surface area contributed by atoms with E-state index in [1.807, 2.05) is 0 Å². The van der Waals surface area contributed by atoms with E-state index in [-0.39, 0.29) is 16.9 Å². The fourth-order valence-corrected chi connectivity index (χ4v) is 2.27. The van der Waals surface area contributed by atoms with Gasteiger partial charge >= 0.3 is 5.97 Å². The largest absolute Gasteiger partial charge is 0.422 e. The Morgan fingerprint density at radius 1 is 0.864 bits per heavy atom. The molecule has 22 heavy (non-hydrogen) atoms. The number of esters is 1. The van der Waals surface area contributed by atoms with E-state index in [9.17, 15) is 14.4 Å². The molecule has 0 N–H and O–H groups in total. The smallest absolute Gasteiger partial charge is 0.343 e. The minimum atomic E-state index is -0.806. The first-order chi connectivity index (χ1) is 10.4. The lowest BCUT2D eigenvalue weighted by atomic mass is 10.1. The summed E-state index contributed by atoms with van der Waals surface area (Å²) in [5.41, 5.74) is 0.368. The van der Waals surface area contributed by atoms with Gasteiger partial charge in [-0.3, -0.25) is 9.59 Å². The Balaban J connectivity index is 2.36. The molecule has 0 unspecified atom stereocenters. The average molecular weight is 449 g/mol. The lowest BCUT2D eigenvalue weighted by molar-refractivity contribution is 0.0732. The van der Waals surface area contributed by atoms with Crippen LogP contribution in [0.2, 0.25) is 0 Å². The molecular weight excluding hydrogens is 442 g/mol. The topological polar surface area (TPSA) is 60.4 Å². The SMILES string of the molecule is O=C(Cl)c1ccc(C(=O)Cl)c(OC(=O)c2ccc(I)cc2)c1. The van der Waals surface area contributed by atoms with Crippen molar-refractivity contribution < 1.29 is 19.1 Å². The van der Waals surface area contributed by atoms with Crippen molar-refractivity contribution in [3.8, 4) is 5.75 Å². The summed E-state index contributed by atoms with van der Waals surface area (Å²) in [7, 11) is 0. The lowest BCUT2D eigenvalue weighted by Gasteiger charge is -2.08. The van der Waals surface area contributed by atoms with Crippen molar-refractivity contribution in [3.63, 3.8) is 0 Å². The van der Waals surface area contributed by atoms with Crippen molar-refractivity contribution >= 4 is 62.2 Å². The molecule has 0 saturated carbocycles. The van der Waals surface area contributed by atoms with E-state index in [1.54, 1.807) is 24.3 Å². The number of ether oxygens (including phenoxy) is 1. The maximum Gasteiger partial charge on any atom is 0.343 e. The average Bonchev–Trinajstić information content (AvgIpc) is 2.47. The molecule has 2 rings (SSSR count). The van der Waals surface area contributed by atoms with Crippen LogP contribution in [0.5, 0.6) is 5.75 Å². The number of rotatable bonds is 4. The quantitative estimate of drug-likeness (QED) is 0.303. The van der Waals surface area contributed by atoms with Crippen LogP contribution in [-0.2, 0) is 0 Å². The molecule has 0 radical (unpaired) electrons. The van der Waals surface area contributed by atoms with Gasteiger partial charge in [-0.15, -0.1) is 0 Å². The van der Waals surface area contributed by atoms with Crippen molar-refractivity contribution in [2.24, 2.45) is 0 Å². The van der Waals surface area contributed by atoms with Gasteiger partial charge in [0.2, 0.25) is 0 Å². The van der Waals surface area contributed by atoms with Crippen LogP contribution in [-0.4, -0.2) is 16.5 Å². The highest BCUT2D eigenvalue weighted by atomic mass is 127. The molecule has 0 aliphatic rings. The molecule has 4 nitrogen and oxygen atoms in total. The molecule has 0 heterocycles. The number of hydrogen-bond donors (Lipinski definition) is 0. The molecule has 2 aromatic carbocycles. The second-order valence-corrected chi connectivity index (χ2v) is 6.09. The van der Waals surface area contributed by atoms with Crippen LogP contribution in [0.4, 0.5) is 0 Å². The second kappa shape index (κ2) is 7.21. The number of benzene rings is 2. The van der Waals surface area contributed by atoms with Gasteiger partial charge in [-0.05, 0) is 88.3 Å². The minimum absolute atomic E-state index is 0.0257. The third kappa shape index (κ3) is 4.06. The number of halogens is 3. The zero-order valence-electron chi connectivity index (χ0n) is 10.8. The zero-order valence-corrected chi connectivity index (χ0v) is 14.5. The number of hydrogen-bond acceptors (Lipinski definition) is 4. The highest BCUT2D eigenvalue weighted by Gasteiger charge is 2.17. The van der Waals surface area contributed by atoms with Crippen molar-refractivity contribution in [2.75, 3.05) is 0 Å². The summed E-state index contributed by atoms with van der Waals surface area (Å²) < 4.78 is 6.12. The first-order valence-electron chi connectivity index (χ1n) is 5.90. The Morgan fingerprint density at radius 3 is 2.00 bits per heavy atom. The highest BCUT2D eigenvalue weighted by molar-refractivity contribution is 14.1. The van der Waals surface area contributed by atoms with Crippen LogP contribution < -0.4 is 4.74 Å². The predicted octanol–water partition coefficient (Wildman–Crippen LogP) is 4.27. The Labute approximate surface area is 149 Å². The monoisotopic (exact) mass is 448 g/mol. The van der Waals surface area contributed by atoms with E-state index in [1.165, 1.54) is 18.2 Å². The van der Waals surface area contributed by atoms with Crippen molar-refractivity contribution in [1.82, 2.24) is 0 Å². The van der Waals surface area contributed by atoms with Gasteiger partial charge in [0.1, 0.15) is 5.75 Å². The van der Waals surface area contributed by atoms with Crippen molar-refractivity contribution in [2.45, 2.75) is 0 Å². The molecule has 112 valence electrons. The maximum absolute atomic E-state index is 12.1. The zero-order chi connectivity index (χ0) is 16.3. The van der Waals surface area contributed by atoms with Crippen LogP contribution >= 0.6 is 45.8 Å². The van der Waals surface area contributed by atoms with Crippen molar-refractivity contribution in [3.05, 3.63) is 62.7 Å². The van der Waals surface area contributed by atoms with Crippen LogP contribution in [0, 0.1) is 3.57 Å². The molecule has 0 bridgehead atoms. The minimum Gasteiger partial charge on any atom is -0.422 e. The highest BCUT2D eigenvalue weighted by Crippen LogP contribution is 2.24. The summed E-state index contributed by atoms with van der Waals surface area (Å²) in [6.07, 6.45) is 0. The van der Waals surface area contributed by atoms with Crippen LogP contribution in [0.1, 0.15) is 31.1 Å². The predicted molar refractivity (Wildman–Crippen MR) is 90.9 cm³/mol. The fourth-order valence-electron chi connectivity index (χ4n) is 1.64. The van der Waals surface area contributed by atoms with Gasteiger partial charge in [-0.1, -0.05) is 0 Å². The number of carbonyl (C=O) groups excluding carboxylic acids is 3. The summed E-state index contributed by atoms with van der Waals surface area (Å²) in [4.78, 5) is 34.6. The molecule has 0 spiro atoms. The van der Waals surface area contributed by atoms with Gasteiger partial charge in [-0.25, -0.2) is 4.79 Å². The molecule has 7 heteroatoms. The van der Waals surface area contributed by atoms with Gasteiger partial charge in [0, 0.05) is 9.13 Å². The standard InChI is InChI=1S/C15H7Cl2IO4/c16-13(19)9-3-6-11(14(17)20)12(7-9)22-15(21)8-1-4-10(18)5-2-8/h1-7H. The maximum atomic E-state index is 12.1. The van der Waals surface area contributed by atoms with Gasteiger partial charge in [0.25, 0.3) is 10.5 Å². The van der Waals surface area contributed by atoms with E-state index < -0.39 is 16.5 Å². The van der Waals surface area contributed by atoms with Crippen LogP contribution in [0.25, 0.3) is 0 Å². The van der Waals surface area contributed by atoms with E-state index in [0.29, 0.717) is 5.56 Å². The summed E-state index contributed by atoms with van der Waals surface area (Å²) in [5, 5.41) is -1.54. The van der Waals surface area contributed by atoms with Crippen molar-refractivity contribution in [1.29, 1.82) is 0 Å². The van der Waals surface area contributed by atoms with E-state index >= 15 is 0 Å². The molecular formula is C15H7Cl2IO4. The van der Waals surface area contributed by atoms with E-state index in [2.05, 4.69) is 22.6 Å². The normalized spacial score (nSPS) is 10.1. The Bertz CT molecular complexity index is 757. The molecule has 0 amide bonds. The van der Waals surface area contributed by atoms with E-state index in [4.69, 9.17) is 27.9 Å². The number of carbonyl (C=O) groups is 3. The van der Waals surface area contributed by atoms with Crippen LogP contribution in [0.15, 0.2) is 42.5 Å². The molecule has 0 atom stereocenters. The van der Waals surface area contributed by atoms with E-state index in [0.717, 1.165) is 3.57 Å². The molecule has 0 aliphatic carbocycles. The van der Waals surface area contributed by atoms with Crippen LogP contribution in [0.3, 0.4) is 0 Å². The second-order valence-electron chi connectivity index (χ2n) is 4.15. The lowest BCUT2D eigenvalue weighted by Crippen LogP contribution is -2.11.